The highest BCUT2D eigenvalue weighted by molar-refractivity contribution is 7.21. The van der Waals surface area contributed by atoms with Gasteiger partial charge in [-0.1, -0.05) is 30.7 Å². The van der Waals surface area contributed by atoms with Crippen LogP contribution >= 0.6 is 11.3 Å². The first-order valence-electron chi connectivity index (χ1n) is 19.7. The second kappa shape index (κ2) is 14.8. The summed E-state index contributed by atoms with van der Waals surface area (Å²) in [5, 5.41) is 11.1. The van der Waals surface area contributed by atoms with Crippen LogP contribution in [0.25, 0.3) is 43.3 Å². The SMILES string of the molecule is C[C@@H]1CNc2c(sc3ccc4nc(-c5ccc(N6CCN(CCCCCc7cccc8c7n(C)c(=O)n8C7CCC(=O)NC7=O)CC6)cc5)ccc4c23)C(=O)N1. The van der Waals surface area contributed by atoms with Gasteiger partial charge in [0, 0.05) is 79.0 Å². The van der Waals surface area contributed by atoms with E-state index in [1.807, 2.05) is 19.1 Å². The van der Waals surface area contributed by atoms with Crippen LogP contribution in [0.4, 0.5) is 11.4 Å². The fourth-order valence-electron chi connectivity index (χ4n) is 8.74. The summed E-state index contributed by atoms with van der Waals surface area (Å²) < 4.78 is 4.30. The smallest absolute Gasteiger partial charge is 0.329 e. The molecule has 13 heteroatoms. The molecule has 3 aliphatic rings. The molecule has 3 N–H and O–H groups in total. The monoisotopic (exact) mass is 770 g/mol. The molecule has 3 aromatic carbocycles. The molecule has 6 heterocycles. The quantitative estimate of drug-likeness (QED) is 0.124. The number of hydrogen-bond acceptors (Lipinski definition) is 9. The van der Waals surface area contributed by atoms with Crippen LogP contribution in [0.15, 0.2) is 71.5 Å². The van der Waals surface area contributed by atoms with E-state index in [9.17, 15) is 19.2 Å². The fraction of sp³-hybridized carbons (Fsp3) is 0.372. The van der Waals surface area contributed by atoms with E-state index in [0.29, 0.717) is 13.0 Å². The number of hydrogen-bond donors (Lipinski definition) is 3. The van der Waals surface area contributed by atoms with Crippen molar-refractivity contribution in [1.82, 2.24) is 29.7 Å². The van der Waals surface area contributed by atoms with Crippen molar-refractivity contribution in [3.63, 3.8) is 0 Å². The lowest BCUT2D eigenvalue weighted by atomic mass is 10.0. The second-order valence-corrected chi connectivity index (χ2v) is 16.5. The van der Waals surface area contributed by atoms with Crippen LogP contribution < -0.4 is 26.5 Å². The molecule has 0 spiro atoms. The minimum Gasteiger partial charge on any atom is -0.381 e. The zero-order chi connectivity index (χ0) is 38.5. The zero-order valence-electron chi connectivity index (χ0n) is 31.8. The Morgan fingerprint density at radius 3 is 2.52 bits per heavy atom. The van der Waals surface area contributed by atoms with Gasteiger partial charge < -0.3 is 15.5 Å². The first-order chi connectivity index (χ1) is 27.2. The molecule has 0 radical (unpaired) electrons. The minimum absolute atomic E-state index is 0.0189. The number of nitrogens with zero attached hydrogens (tertiary/aromatic N) is 5. The van der Waals surface area contributed by atoms with E-state index >= 15 is 0 Å². The number of piperidine rings is 1. The number of fused-ring (bicyclic) bond motifs is 6. The molecule has 56 heavy (non-hydrogen) atoms. The summed E-state index contributed by atoms with van der Waals surface area (Å²) in [6, 6.07) is 22.4. The highest BCUT2D eigenvalue weighted by Gasteiger charge is 2.32. The summed E-state index contributed by atoms with van der Waals surface area (Å²) in [6.07, 6.45) is 4.66. The predicted molar refractivity (Wildman–Crippen MR) is 223 cm³/mol. The number of benzene rings is 3. The number of imide groups is 1. The van der Waals surface area contributed by atoms with E-state index in [1.165, 1.54) is 17.0 Å². The Kier molecular flexibility index (Phi) is 9.58. The summed E-state index contributed by atoms with van der Waals surface area (Å²) in [5.74, 6) is -0.712. The van der Waals surface area contributed by atoms with Crippen molar-refractivity contribution in [2.24, 2.45) is 7.05 Å². The predicted octanol–water partition coefficient (Wildman–Crippen LogP) is 5.83. The number of anilines is 2. The molecule has 1 unspecified atom stereocenters. The molecule has 0 aliphatic carbocycles. The van der Waals surface area contributed by atoms with Gasteiger partial charge in [0.1, 0.15) is 10.9 Å². The van der Waals surface area contributed by atoms with E-state index in [0.717, 1.165) is 118 Å². The van der Waals surface area contributed by atoms with Crippen molar-refractivity contribution in [3.05, 3.63) is 87.7 Å². The number of amides is 3. The Bertz CT molecular complexity index is 2560. The molecule has 288 valence electrons. The number of aryl methyl sites for hydroxylation is 2. The van der Waals surface area contributed by atoms with E-state index in [-0.39, 0.29) is 30.0 Å². The Morgan fingerprint density at radius 2 is 1.71 bits per heavy atom. The molecule has 12 nitrogen and oxygen atoms in total. The van der Waals surface area contributed by atoms with E-state index < -0.39 is 11.9 Å². The molecule has 0 saturated carbocycles. The van der Waals surface area contributed by atoms with E-state index in [1.54, 1.807) is 16.2 Å². The van der Waals surface area contributed by atoms with Gasteiger partial charge in [-0.25, -0.2) is 9.78 Å². The van der Waals surface area contributed by atoms with Crippen molar-refractivity contribution in [3.8, 4) is 11.3 Å². The number of imidazole rings is 1. The Labute approximate surface area is 328 Å². The van der Waals surface area contributed by atoms with Gasteiger partial charge in [0.05, 0.1) is 27.9 Å². The molecule has 2 saturated heterocycles. The number of carbonyl (C=O) groups excluding carboxylic acids is 3. The molecule has 2 atom stereocenters. The lowest BCUT2D eigenvalue weighted by Crippen LogP contribution is -2.46. The first kappa shape index (κ1) is 36.1. The average molecular weight is 771 g/mol. The summed E-state index contributed by atoms with van der Waals surface area (Å²) in [4.78, 5) is 61.2. The molecule has 6 aromatic rings. The van der Waals surface area contributed by atoms with E-state index in [4.69, 9.17) is 4.98 Å². The number of aromatic nitrogens is 3. The number of thiophene rings is 1. The third-order valence-corrected chi connectivity index (χ3v) is 12.9. The molecular formula is C43H46N8O4S. The molecular weight excluding hydrogens is 725 g/mol. The number of carbonyl (C=O) groups is 3. The van der Waals surface area contributed by atoms with Gasteiger partial charge in [-0.15, -0.1) is 11.3 Å². The number of para-hydroxylation sites is 1. The van der Waals surface area contributed by atoms with Gasteiger partial charge in [0.15, 0.2) is 0 Å². The summed E-state index contributed by atoms with van der Waals surface area (Å²) in [6.45, 7) is 7.79. The van der Waals surface area contributed by atoms with Gasteiger partial charge in [-0.3, -0.25) is 33.7 Å². The molecule has 3 aromatic heterocycles. The largest absolute Gasteiger partial charge is 0.381 e. The average Bonchev–Trinajstić information content (AvgIpc) is 3.66. The third-order valence-electron chi connectivity index (χ3n) is 11.7. The fourth-order valence-corrected chi connectivity index (χ4v) is 9.84. The highest BCUT2D eigenvalue weighted by atomic mass is 32.1. The lowest BCUT2D eigenvalue weighted by Gasteiger charge is -2.36. The van der Waals surface area contributed by atoms with E-state index in [2.05, 4.69) is 80.3 Å². The normalized spacial score (nSPS) is 19.2. The Balaban J connectivity index is 0.779. The number of unbranched alkanes of at least 4 members (excludes halogenated alkanes) is 2. The maximum atomic E-state index is 13.3. The summed E-state index contributed by atoms with van der Waals surface area (Å²) in [5.41, 5.74) is 7.58. The number of pyridine rings is 1. The molecule has 9 rings (SSSR count). The molecule has 2 fully saturated rings. The van der Waals surface area contributed by atoms with Gasteiger partial charge in [-0.05, 0) is 87.2 Å². The summed E-state index contributed by atoms with van der Waals surface area (Å²) >= 11 is 1.53. The molecule has 3 aliphatic heterocycles. The van der Waals surface area contributed by atoms with Gasteiger partial charge in [0.2, 0.25) is 11.8 Å². The van der Waals surface area contributed by atoms with Crippen LogP contribution in [0.3, 0.4) is 0 Å². The topological polar surface area (TPSA) is 134 Å². The number of rotatable bonds is 9. The third kappa shape index (κ3) is 6.62. The van der Waals surface area contributed by atoms with Crippen LogP contribution in [0, 0.1) is 0 Å². The van der Waals surface area contributed by atoms with Crippen molar-refractivity contribution in [2.45, 2.75) is 57.5 Å². The number of piperazine rings is 1. The second-order valence-electron chi connectivity index (χ2n) is 15.4. The Hall–Kier alpha value is -5.53. The van der Waals surface area contributed by atoms with Crippen LogP contribution in [-0.4, -0.2) is 82.1 Å². The maximum absolute atomic E-state index is 13.3. The van der Waals surface area contributed by atoms with Crippen LogP contribution in [-0.2, 0) is 23.1 Å². The van der Waals surface area contributed by atoms with Crippen molar-refractivity contribution in [1.29, 1.82) is 0 Å². The minimum atomic E-state index is -0.669. The van der Waals surface area contributed by atoms with Crippen molar-refractivity contribution < 1.29 is 14.4 Å². The van der Waals surface area contributed by atoms with Crippen molar-refractivity contribution >= 4 is 72.5 Å². The number of nitrogens with one attached hydrogen (secondary N) is 3. The van der Waals surface area contributed by atoms with Crippen LogP contribution in [0.1, 0.15) is 60.3 Å². The van der Waals surface area contributed by atoms with Crippen molar-refractivity contribution in [2.75, 3.05) is 49.5 Å². The summed E-state index contributed by atoms with van der Waals surface area (Å²) in [7, 11) is 1.77. The first-order valence-corrected chi connectivity index (χ1v) is 20.6. The highest BCUT2D eigenvalue weighted by Crippen LogP contribution is 2.41. The van der Waals surface area contributed by atoms with Crippen LogP contribution in [0.2, 0.25) is 0 Å². The maximum Gasteiger partial charge on any atom is 0.329 e. The van der Waals surface area contributed by atoms with Gasteiger partial charge >= 0.3 is 5.69 Å². The van der Waals surface area contributed by atoms with Gasteiger partial charge in [-0.2, -0.15) is 0 Å². The molecule has 3 amide bonds. The zero-order valence-corrected chi connectivity index (χ0v) is 32.6. The lowest BCUT2D eigenvalue weighted by molar-refractivity contribution is -0.135. The van der Waals surface area contributed by atoms with Crippen LogP contribution in [0.5, 0.6) is 0 Å². The standard InChI is InChI=1S/C43H46N8O4S/c1-26-25-44-38-37-30-14-15-31(46-32(30)16-18-35(37)56-40(38)42(54)45-26)27-10-12-29(13-11-27)50-23-21-49(22-24-50)20-5-3-4-7-28-8-6-9-33-39(28)48(2)43(55)51(33)34-17-19-36(52)47-41(34)53/h6,8-16,18,26,34,44H,3-5,7,17,19-25H2,1-2H3,(H,45,54)(H,47,52,53)/t26-,34?/m1/s1. The van der Waals surface area contributed by atoms with Gasteiger partial charge in [0.25, 0.3) is 5.91 Å². The Morgan fingerprint density at radius 1 is 0.893 bits per heavy atom. The molecule has 0 bridgehead atoms.